The first-order valence-electron chi connectivity index (χ1n) is 16.1. The van der Waals surface area contributed by atoms with Crippen molar-refractivity contribution in [1.29, 1.82) is 0 Å². The maximum Gasteiger partial charge on any atom is 0.405 e. The predicted molar refractivity (Wildman–Crippen MR) is 187 cm³/mol. The number of benzene rings is 4. The molecule has 2 atom stereocenters. The summed E-state index contributed by atoms with van der Waals surface area (Å²) in [5.41, 5.74) is 3.45. The van der Waals surface area contributed by atoms with Crippen molar-refractivity contribution in [2.45, 2.75) is 32.1 Å². The topological polar surface area (TPSA) is 164 Å². The van der Waals surface area contributed by atoms with E-state index in [0.29, 0.717) is 48.3 Å². The summed E-state index contributed by atoms with van der Waals surface area (Å²) in [5, 5.41) is 36.7. The lowest BCUT2D eigenvalue weighted by atomic mass is 9.98. The van der Waals surface area contributed by atoms with Crippen LogP contribution in [0.1, 0.15) is 58.1 Å². The lowest BCUT2D eigenvalue weighted by Crippen LogP contribution is -2.34. The average molecular weight is 665 g/mol. The molecule has 0 spiro atoms. The minimum Gasteiger partial charge on any atom is -0.506 e. The summed E-state index contributed by atoms with van der Waals surface area (Å²) in [4.78, 5) is 41.0. The number of nitrogens with one attached hydrogen (secondary N) is 3. The summed E-state index contributed by atoms with van der Waals surface area (Å²) in [5.74, 6) is 0.416. The van der Waals surface area contributed by atoms with Gasteiger partial charge in [-0.15, -0.1) is 0 Å². The van der Waals surface area contributed by atoms with Gasteiger partial charge in [-0.3, -0.25) is 9.59 Å². The Balaban J connectivity index is 1.13. The van der Waals surface area contributed by atoms with Crippen molar-refractivity contribution in [3.8, 4) is 11.5 Å². The van der Waals surface area contributed by atoms with Gasteiger partial charge in [0.25, 0.3) is 5.91 Å². The molecular weight excluding hydrogens is 624 g/mol. The molecule has 0 fully saturated rings. The fraction of sp³-hybridized carbons (Fsp3) is 0.237. The summed E-state index contributed by atoms with van der Waals surface area (Å²) in [6.07, 6.45) is -1.33. The standard InChI is InChI=1S/C38H40N4O7/c1-2-42(20-8-19-39-23-33(44)30-15-17-32(43)36-31(30)16-18-34(45)40-36)37(46)28-13-6-9-25(21-28)24-49-29-14-7-12-27(22-29)35(41-38(47)48)26-10-4-3-5-11-26/h3-7,9-18,21-22,33,35,39,41,43-44H,2,8,19-20,23-24H2,1H3,(H,40,45)(H,47,48). The van der Waals surface area contributed by atoms with Crippen LogP contribution in [0.2, 0.25) is 0 Å². The van der Waals surface area contributed by atoms with Crippen LogP contribution in [0.4, 0.5) is 4.79 Å². The van der Waals surface area contributed by atoms with Gasteiger partial charge in [-0.25, -0.2) is 4.79 Å². The number of nitrogens with zero attached hydrogens (tertiary/aromatic N) is 1. The first-order chi connectivity index (χ1) is 23.7. The van der Waals surface area contributed by atoms with E-state index in [0.717, 1.165) is 16.7 Å². The molecule has 0 aliphatic carbocycles. The summed E-state index contributed by atoms with van der Waals surface area (Å²) in [6.45, 7) is 4.01. The van der Waals surface area contributed by atoms with Crippen molar-refractivity contribution in [2.75, 3.05) is 26.2 Å². The largest absolute Gasteiger partial charge is 0.506 e. The van der Waals surface area contributed by atoms with Crippen molar-refractivity contribution in [3.63, 3.8) is 0 Å². The van der Waals surface area contributed by atoms with Gasteiger partial charge in [0.15, 0.2) is 0 Å². The Labute approximate surface area is 283 Å². The van der Waals surface area contributed by atoms with Crippen molar-refractivity contribution in [1.82, 2.24) is 20.5 Å². The fourth-order valence-electron chi connectivity index (χ4n) is 5.75. The molecule has 6 N–H and O–H groups in total. The molecule has 11 heteroatoms. The second-order valence-electron chi connectivity index (χ2n) is 11.6. The molecule has 254 valence electrons. The van der Waals surface area contributed by atoms with E-state index >= 15 is 0 Å². The molecule has 5 aromatic rings. The summed E-state index contributed by atoms with van der Waals surface area (Å²) in [6, 6.07) is 29.4. The molecule has 1 aromatic heterocycles. The van der Waals surface area contributed by atoms with Crippen molar-refractivity contribution in [3.05, 3.63) is 141 Å². The zero-order chi connectivity index (χ0) is 34.8. The number of fused-ring (bicyclic) bond motifs is 1. The Morgan fingerprint density at radius 1 is 0.918 bits per heavy atom. The number of phenolic OH excluding ortho intramolecular Hbond substituents is 1. The molecule has 4 aromatic carbocycles. The molecule has 0 bridgehead atoms. The highest BCUT2D eigenvalue weighted by Gasteiger charge is 2.18. The smallest absolute Gasteiger partial charge is 0.405 e. The number of aliphatic hydroxyl groups is 1. The molecule has 0 radical (unpaired) electrons. The molecular formula is C38H40N4O7. The van der Waals surface area contributed by atoms with Crippen LogP contribution in [0.25, 0.3) is 10.9 Å². The van der Waals surface area contributed by atoms with Gasteiger partial charge < -0.3 is 40.6 Å². The Kier molecular flexibility index (Phi) is 11.6. The number of aliphatic hydroxyl groups excluding tert-OH is 1. The zero-order valence-electron chi connectivity index (χ0n) is 27.1. The van der Waals surface area contributed by atoms with Crippen LogP contribution >= 0.6 is 0 Å². The number of amides is 2. The highest BCUT2D eigenvalue weighted by molar-refractivity contribution is 5.94. The number of hydrogen-bond donors (Lipinski definition) is 6. The van der Waals surface area contributed by atoms with E-state index in [9.17, 15) is 29.7 Å². The minimum absolute atomic E-state index is 0.0614. The highest BCUT2D eigenvalue weighted by Crippen LogP contribution is 2.29. The number of phenols is 1. The normalized spacial score (nSPS) is 12.3. The number of carboxylic acid groups (broad SMARTS) is 1. The molecule has 0 saturated heterocycles. The van der Waals surface area contributed by atoms with Crippen molar-refractivity contribution in [2.24, 2.45) is 0 Å². The molecule has 0 aliphatic rings. The van der Waals surface area contributed by atoms with Crippen LogP contribution in [-0.2, 0) is 6.61 Å². The lowest BCUT2D eigenvalue weighted by molar-refractivity contribution is 0.0761. The van der Waals surface area contributed by atoms with Gasteiger partial charge >= 0.3 is 6.09 Å². The molecule has 0 aliphatic heterocycles. The summed E-state index contributed by atoms with van der Waals surface area (Å²) in [7, 11) is 0. The van der Waals surface area contributed by atoms with E-state index in [-0.39, 0.29) is 35.9 Å². The maximum atomic E-state index is 13.4. The maximum absolute atomic E-state index is 13.4. The Morgan fingerprint density at radius 3 is 2.47 bits per heavy atom. The number of hydrogen-bond acceptors (Lipinski definition) is 7. The first-order valence-corrected chi connectivity index (χ1v) is 16.1. The van der Waals surface area contributed by atoms with E-state index in [1.807, 2.05) is 79.7 Å². The molecule has 1 heterocycles. The number of ether oxygens (including phenoxy) is 1. The number of H-pyrrole nitrogens is 1. The molecule has 2 unspecified atom stereocenters. The zero-order valence-corrected chi connectivity index (χ0v) is 27.1. The summed E-state index contributed by atoms with van der Waals surface area (Å²) < 4.78 is 6.07. The highest BCUT2D eigenvalue weighted by atomic mass is 16.5. The number of carbonyl (C=O) groups is 2. The molecule has 2 amide bonds. The SMILES string of the molecule is CCN(CCCNCC(O)c1ccc(O)c2[nH]c(=O)ccc12)C(=O)c1cccc(COc2cccc(C(NC(=O)O)c3ccccc3)c2)c1. The van der Waals surface area contributed by atoms with Gasteiger partial charge in [-0.05, 0) is 78.5 Å². The van der Waals surface area contributed by atoms with E-state index in [4.69, 9.17) is 4.74 Å². The third kappa shape index (κ3) is 9.04. The van der Waals surface area contributed by atoms with Crippen LogP contribution in [-0.4, -0.2) is 63.4 Å². The van der Waals surface area contributed by atoms with Crippen molar-refractivity contribution < 1.29 is 29.6 Å². The number of aromatic hydroxyl groups is 1. The number of aromatic nitrogens is 1. The number of rotatable bonds is 15. The fourth-order valence-corrected chi connectivity index (χ4v) is 5.75. The van der Waals surface area contributed by atoms with Gasteiger partial charge in [0, 0.05) is 36.7 Å². The van der Waals surface area contributed by atoms with E-state index in [1.165, 1.54) is 12.1 Å². The molecule has 11 nitrogen and oxygen atoms in total. The van der Waals surface area contributed by atoms with E-state index < -0.39 is 18.2 Å². The number of pyridine rings is 1. The van der Waals surface area contributed by atoms with Crippen LogP contribution in [0, 0.1) is 0 Å². The average Bonchev–Trinajstić information content (AvgIpc) is 3.12. The first kappa shape index (κ1) is 34.7. The van der Waals surface area contributed by atoms with Gasteiger partial charge in [-0.2, -0.15) is 0 Å². The van der Waals surface area contributed by atoms with Gasteiger partial charge in [0.05, 0.1) is 17.7 Å². The van der Waals surface area contributed by atoms with E-state index in [1.54, 1.807) is 23.1 Å². The van der Waals surface area contributed by atoms with Crippen LogP contribution < -0.4 is 20.9 Å². The Bertz CT molecular complexity index is 1950. The second-order valence-corrected chi connectivity index (χ2v) is 11.6. The summed E-state index contributed by atoms with van der Waals surface area (Å²) >= 11 is 0. The third-order valence-corrected chi connectivity index (χ3v) is 8.23. The van der Waals surface area contributed by atoms with Crippen LogP contribution in [0.15, 0.2) is 108 Å². The molecule has 49 heavy (non-hydrogen) atoms. The monoisotopic (exact) mass is 664 g/mol. The quantitative estimate of drug-likeness (QED) is 0.0817. The molecule has 5 rings (SSSR count). The minimum atomic E-state index is -1.13. The third-order valence-electron chi connectivity index (χ3n) is 8.23. The van der Waals surface area contributed by atoms with Gasteiger partial charge in [-0.1, -0.05) is 60.7 Å². The van der Waals surface area contributed by atoms with E-state index in [2.05, 4.69) is 15.6 Å². The van der Waals surface area contributed by atoms with Crippen LogP contribution in [0.5, 0.6) is 11.5 Å². The second kappa shape index (κ2) is 16.4. The Hall–Kier alpha value is -5.65. The Morgan fingerprint density at radius 2 is 1.69 bits per heavy atom. The van der Waals surface area contributed by atoms with Crippen molar-refractivity contribution >= 4 is 22.9 Å². The predicted octanol–water partition coefficient (Wildman–Crippen LogP) is 5.35. The number of carbonyl (C=O) groups excluding carboxylic acids is 1. The molecule has 0 saturated carbocycles. The van der Waals surface area contributed by atoms with Gasteiger partial charge in [0.1, 0.15) is 18.1 Å². The lowest BCUT2D eigenvalue weighted by Gasteiger charge is -2.22. The van der Waals surface area contributed by atoms with Crippen LogP contribution in [0.3, 0.4) is 0 Å². The number of aromatic amines is 1. The van der Waals surface area contributed by atoms with Gasteiger partial charge in [0.2, 0.25) is 5.56 Å².